The van der Waals surface area contributed by atoms with E-state index in [9.17, 15) is 22.6 Å². The molecule has 1 aromatic carbocycles. The van der Waals surface area contributed by atoms with Crippen LogP contribution in [0, 0.1) is 0 Å². The zero-order chi connectivity index (χ0) is 33.7. The van der Waals surface area contributed by atoms with Gasteiger partial charge in [-0.15, -0.1) is 0 Å². The van der Waals surface area contributed by atoms with E-state index >= 15 is 0 Å². The first-order valence-electron chi connectivity index (χ1n) is 18.1. The largest absolute Gasteiger partial charge is 1.00 e. The Morgan fingerprint density at radius 3 is 1.38 bits per heavy atom. The summed E-state index contributed by atoms with van der Waals surface area (Å²) >= 11 is 0. The monoisotopic (exact) mass is 700 g/mol. The molecular weight excluding hydrogens is 640 g/mol. The Hall–Kier alpha value is -0.814. The quantitative estimate of drug-likeness (QED) is 0.0278. The maximum atomic E-state index is 12.9. The second kappa shape index (κ2) is 31.2. The van der Waals surface area contributed by atoms with Gasteiger partial charge in [0.25, 0.3) is 0 Å². The third-order valence-electron chi connectivity index (χ3n) is 8.02. The molecule has 0 saturated carbocycles. The van der Waals surface area contributed by atoms with Crippen LogP contribution in [0.25, 0.3) is 0 Å². The minimum absolute atomic E-state index is 0. The number of carbonyl (C=O) groups is 2. The normalized spacial score (nSPS) is 11.6. The van der Waals surface area contributed by atoms with Gasteiger partial charge in [-0.2, -0.15) is 0 Å². The molecule has 0 atom stereocenters. The Labute approximate surface area is 329 Å². The van der Waals surface area contributed by atoms with E-state index in [1.165, 1.54) is 89.2 Å². The molecule has 0 spiro atoms. The van der Waals surface area contributed by atoms with Crippen LogP contribution in [0.5, 0.6) is 0 Å². The summed E-state index contributed by atoms with van der Waals surface area (Å²) in [7, 11) is -5.01. The van der Waals surface area contributed by atoms with Gasteiger partial charge >= 0.3 is 63.3 Å². The molecule has 0 fully saturated rings. The van der Waals surface area contributed by atoms with Crippen molar-refractivity contribution in [1.29, 1.82) is 0 Å². The van der Waals surface area contributed by atoms with Gasteiger partial charge in [0, 0.05) is 0 Å². The minimum atomic E-state index is -5.01. The third kappa shape index (κ3) is 24.1. The maximum absolute atomic E-state index is 12.9. The zero-order valence-corrected chi connectivity index (χ0v) is 33.7. The average molecular weight is 701 g/mol. The summed E-state index contributed by atoms with van der Waals surface area (Å²) < 4.78 is 46.4. The summed E-state index contributed by atoms with van der Waals surface area (Å²) in [5, 5.41) is 0. The van der Waals surface area contributed by atoms with Gasteiger partial charge in [0.1, 0.15) is 10.1 Å². The van der Waals surface area contributed by atoms with Crippen molar-refractivity contribution in [3.05, 3.63) is 53.6 Å². The third-order valence-corrected chi connectivity index (χ3v) is 8.90. The molecule has 262 valence electrons. The molecule has 1 rings (SSSR count). The number of benzene rings is 1. The van der Waals surface area contributed by atoms with E-state index < -0.39 is 32.5 Å². The second-order valence-electron chi connectivity index (χ2n) is 12.1. The topological polar surface area (TPSA) is 110 Å². The Kier molecular flexibility index (Phi) is 30.6. The molecule has 0 saturated heterocycles. The minimum Gasteiger partial charge on any atom is -0.744 e. The van der Waals surface area contributed by atoms with Gasteiger partial charge in [-0.1, -0.05) is 134 Å². The summed E-state index contributed by atoms with van der Waals surface area (Å²) in [6.07, 6.45) is 33.3. The molecule has 0 aromatic heterocycles. The fourth-order valence-corrected chi connectivity index (χ4v) is 6.06. The zero-order valence-electron chi connectivity index (χ0n) is 29.8. The van der Waals surface area contributed by atoms with Crippen molar-refractivity contribution in [3.8, 4) is 0 Å². The van der Waals surface area contributed by atoms with Crippen LogP contribution in [0.3, 0.4) is 0 Å². The summed E-state index contributed by atoms with van der Waals surface area (Å²) in [4.78, 5) is 25.0. The summed E-state index contributed by atoms with van der Waals surface area (Å²) in [5.41, 5.74) is -0.789. The van der Waals surface area contributed by atoms with Gasteiger partial charge < -0.3 is 14.0 Å². The van der Waals surface area contributed by atoms with Crippen molar-refractivity contribution in [2.24, 2.45) is 0 Å². The Morgan fingerprint density at radius 2 is 0.979 bits per heavy atom. The van der Waals surface area contributed by atoms with Gasteiger partial charge in [0.15, 0.2) is 0 Å². The first-order chi connectivity index (χ1) is 22.3. The van der Waals surface area contributed by atoms with Crippen molar-refractivity contribution in [2.45, 2.75) is 160 Å². The molecule has 9 heteroatoms. The van der Waals surface area contributed by atoms with Gasteiger partial charge in [-0.3, -0.25) is 0 Å². The first-order valence-corrected chi connectivity index (χ1v) is 19.5. The number of unbranched alkanes of at least 4 members (excludes halogenated alkanes) is 18. The van der Waals surface area contributed by atoms with Crippen molar-refractivity contribution < 1.29 is 83.4 Å². The Balaban J connectivity index is 0.0000212. The molecule has 0 N–H and O–H groups in total. The number of hydrogen-bond donors (Lipinski definition) is 0. The van der Waals surface area contributed by atoms with Crippen LogP contribution in [0.4, 0.5) is 0 Å². The molecule has 7 nitrogen and oxygen atoms in total. The van der Waals surface area contributed by atoms with Crippen LogP contribution in [0.1, 0.15) is 176 Å². The molecule has 47 heavy (non-hydrogen) atoms. The van der Waals surface area contributed by atoms with Crippen molar-refractivity contribution in [2.75, 3.05) is 13.2 Å². The number of esters is 2. The summed E-state index contributed by atoms with van der Waals surface area (Å²) in [6, 6.07) is 3.60. The molecule has 0 bridgehead atoms. The fraction of sp³-hybridized carbons (Fsp3) is 0.684. The van der Waals surface area contributed by atoms with Gasteiger partial charge in [0.2, 0.25) is 0 Å². The number of rotatable bonds is 29. The van der Waals surface area contributed by atoms with Crippen LogP contribution >= 0.6 is 0 Å². The Bertz CT molecular complexity index is 1120. The van der Waals surface area contributed by atoms with Crippen molar-refractivity contribution in [1.82, 2.24) is 0 Å². The van der Waals surface area contributed by atoms with Crippen LogP contribution < -0.4 is 51.4 Å². The molecular formula is C38H61KO7S. The van der Waals surface area contributed by atoms with E-state index in [1.807, 2.05) is 0 Å². The molecule has 0 aliphatic carbocycles. The smallest absolute Gasteiger partial charge is 0.744 e. The number of ether oxygens (including phenoxy) is 2. The van der Waals surface area contributed by atoms with Crippen molar-refractivity contribution in [3.63, 3.8) is 0 Å². The van der Waals surface area contributed by atoms with Crippen molar-refractivity contribution >= 4 is 22.1 Å². The standard InChI is InChI=1S/C38H62O7S.K/c1-3-5-7-9-11-13-15-17-19-21-23-25-27-32-44-37(39)34-30-29-31-35(46(41,42)43)36(34)38(40)45-33-28-26-24-22-20-18-16-14-12-10-8-6-4-2;/h5-8,29-31H,3-4,9-28,32-33H2,1-2H3,(H,41,42,43);/q;+1/p-1/b7-5+,8-6+;. The molecule has 0 aliphatic rings. The summed E-state index contributed by atoms with van der Waals surface area (Å²) in [6.45, 7) is 4.54. The molecule has 1 aromatic rings. The van der Waals surface area contributed by atoms with E-state index in [4.69, 9.17) is 9.47 Å². The van der Waals surface area contributed by atoms with E-state index in [-0.39, 0.29) is 70.2 Å². The van der Waals surface area contributed by atoms with Gasteiger partial charge in [-0.05, 0) is 63.5 Å². The number of allylic oxidation sites excluding steroid dienone is 4. The molecule has 0 heterocycles. The predicted molar refractivity (Wildman–Crippen MR) is 186 cm³/mol. The first kappa shape index (κ1) is 46.2. The van der Waals surface area contributed by atoms with Gasteiger partial charge in [0.05, 0.1) is 29.2 Å². The van der Waals surface area contributed by atoms with Gasteiger partial charge in [-0.25, -0.2) is 18.0 Å². The molecule has 0 radical (unpaired) electrons. The van der Waals surface area contributed by atoms with E-state index in [0.29, 0.717) is 12.8 Å². The van der Waals surface area contributed by atoms with E-state index in [1.54, 1.807) is 0 Å². The maximum Gasteiger partial charge on any atom is 1.00 e. The molecule has 0 unspecified atom stereocenters. The van der Waals surface area contributed by atoms with Crippen LogP contribution in [-0.4, -0.2) is 38.1 Å². The molecule has 0 amide bonds. The number of hydrogen-bond acceptors (Lipinski definition) is 7. The van der Waals surface area contributed by atoms with Crippen LogP contribution in [0.15, 0.2) is 47.4 Å². The van der Waals surface area contributed by atoms with Crippen LogP contribution in [0.2, 0.25) is 0 Å². The second-order valence-corrected chi connectivity index (χ2v) is 13.5. The fourth-order valence-electron chi connectivity index (χ4n) is 5.37. The number of carbonyl (C=O) groups excluding carboxylic acids is 2. The average Bonchev–Trinajstić information content (AvgIpc) is 3.04. The van der Waals surface area contributed by atoms with E-state index in [2.05, 4.69) is 38.2 Å². The molecule has 0 aliphatic heterocycles. The predicted octanol–water partition coefficient (Wildman–Crippen LogP) is 7.64. The Morgan fingerprint density at radius 1 is 0.596 bits per heavy atom. The summed E-state index contributed by atoms with van der Waals surface area (Å²) in [5.74, 6) is -1.82. The SMILES string of the molecule is CC/C=C/CCCCCCCCCCCOC(=O)c1cccc(S(=O)(=O)[O-])c1C(=O)OCCCCCCCCCCC/C=C/CC.[K+]. The van der Waals surface area contributed by atoms with E-state index in [0.717, 1.165) is 57.4 Å². The van der Waals surface area contributed by atoms with Crippen LogP contribution in [-0.2, 0) is 19.6 Å².